The summed E-state index contributed by atoms with van der Waals surface area (Å²) in [6.45, 7) is 4.39. The second-order valence-electron chi connectivity index (χ2n) is 4.69. The molecule has 5 heteroatoms. The molecule has 0 spiro atoms. The first-order valence-electron chi connectivity index (χ1n) is 6.45. The van der Waals surface area contributed by atoms with Gasteiger partial charge in [-0.3, -0.25) is 4.68 Å². The number of rotatable bonds is 5. The average Bonchev–Trinajstić information content (AvgIpc) is 2.93. The van der Waals surface area contributed by atoms with E-state index in [1.807, 2.05) is 36.9 Å². The third kappa shape index (κ3) is 3.17. The summed E-state index contributed by atoms with van der Waals surface area (Å²) in [5, 5.41) is 4.20. The van der Waals surface area contributed by atoms with Gasteiger partial charge in [-0.25, -0.2) is 4.79 Å². The van der Waals surface area contributed by atoms with Crippen LogP contribution in [0.4, 0.5) is 0 Å². The Morgan fingerprint density at radius 2 is 2.10 bits per heavy atom. The van der Waals surface area contributed by atoms with E-state index in [2.05, 4.69) is 5.10 Å². The molecule has 1 aromatic carbocycles. The number of hydrogen-bond donors (Lipinski definition) is 0. The van der Waals surface area contributed by atoms with E-state index >= 15 is 0 Å². The molecule has 0 bridgehead atoms. The molecule has 106 valence electrons. The van der Waals surface area contributed by atoms with Gasteiger partial charge in [0.05, 0.1) is 25.1 Å². The van der Waals surface area contributed by atoms with Gasteiger partial charge < -0.3 is 9.47 Å². The van der Waals surface area contributed by atoms with Crippen molar-refractivity contribution >= 4 is 5.97 Å². The number of hydrogen-bond acceptors (Lipinski definition) is 4. The van der Waals surface area contributed by atoms with Crippen molar-refractivity contribution in [2.45, 2.75) is 26.5 Å². The van der Waals surface area contributed by atoms with Gasteiger partial charge >= 0.3 is 5.97 Å². The van der Waals surface area contributed by atoms with Gasteiger partial charge in [-0.15, -0.1) is 0 Å². The van der Waals surface area contributed by atoms with E-state index < -0.39 is 0 Å². The van der Waals surface area contributed by atoms with Gasteiger partial charge in [0.15, 0.2) is 5.75 Å². The summed E-state index contributed by atoms with van der Waals surface area (Å²) < 4.78 is 12.2. The predicted octanol–water partition coefficient (Wildman–Crippen LogP) is 2.83. The minimum absolute atomic E-state index is 0.287. The molecule has 0 fully saturated rings. The van der Waals surface area contributed by atoms with Crippen LogP contribution >= 0.6 is 0 Å². The molecular formula is C15H18N2O3. The molecule has 2 rings (SSSR count). The lowest BCUT2D eigenvalue weighted by atomic mass is 10.1. The van der Waals surface area contributed by atoms with Gasteiger partial charge in [0.1, 0.15) is 6.61 Å². The Hall–Kier alpha value is -2.30. The highest BCUT2D eigenvalue weighted by Crippen LogP contribution is 2.16. The van der Waals surface area contributed by atoms with Gasteiger partial charge in [-0.2, -0.15) is 5.10 Å². The van der Waals surface area contributed by atoms with Crippen molar-refractivity contribution < 1.29 is 14.3 Å². The van der Waals surface area contributed by atoms with Gasteiger partial charge in [0.25, 0.3) is 0 Å². The van der Waals surface area contributed by atoms with E-state index in [9.17, 15) is 4.79 Å². The summed E-state index contributed by atoms with van der Waals surface area (Å²) in [5.41, 5.74) is 1.31. The molecule has 20 heavy (non-hydrogen) atoms. The number of nitrogens with zero attached hydrogens (tertiary/aromatic N) is 2. The van der Waals surface area contributed by atoms with E-state index in [0.29, 0.717) is 17.9 Å². The zero-order valence-corrected chi connectivity index (χ0v) is 11.9. The van der Waals surface area contributed by atoms with Crippen molar-refractivity contribution in [2.75, 3.05) is 7.11 Å². The molecule has 0 saturated heterocycles. The molecular weight excluding hydrogens is 256 g/mol. The largest absolute Gasteiger partial charge is 0.486 e. The lowest BCUT2D eigenvalue weighted by Crippen LogP contribution is -2.07. The van der Waals surface area contributed by atoms with Crippen LogP contribution in [0.3, 0.4) is 0 Å². The summed E-state index contributed by atoms with van der Waals surface area (Å²) in [7, 11) is 1.37. The van der Waals surface area contributed by atoms with Crippen molar-refractivity contribution in [3.63, 3.8) is 0 Å². The van der Waals surface area contributed by atoms with Crippen molar-refractivity contribution in [3.8, 4) is 5.75 Å². The van der Waals surface area contributed by atoms with E-state index in [4.69, 9.17) is 9.47 Å². The normalized spacial score (nSPS) is 10.6. The third-order valence-electron chi connectivity index (χ3n) is 2.92. The number of carbonyl (C=O) groups excluding carboxylic acids is 1. The molecule has 0 aliphatic carbocycles. The molecule has 2 aromatic rings. The van der Waals surface area contributed by atoms with Gasteiger partial charge in [0.2, 0.25) is 0 Å². The highest BCUT2D eigenvalue weighted by Gasteiger charge is 2.11. The Labute approximate surface area is 118 Å². The number of ether oxygens (including phenoxy) is 2. The quantitative estimate of drug-likeness (QED) is 0.787. The monoisotopic (exact) mass is 274 g/mol. The summed E-state index contributed by atoms with van der Waals surface area (Å²) >= 11 is 0. The average molecular weight is 274 g/mol. The lowest BCUT2D eigenvalue weighted by molar-refractivity contribution is 0.0597. The Morgan fingerprint density at radius 1 is 1.35 bits per heavy atom. The summed E-state index contributed by atoms with van der Waals surface area (Å²) in [6, 6.07) is 7.52. The minimum atomic E-state index is -0.359. The fourth-order valence-corrected chi connectivity index (χ4v) is 1.79. The Morgan fingerprint density at radius 3 is 2.75 bits per heavy atom. The topological polar surface area (TPSA) is 53.4 Å². The van der Waals surface area contributed by atoms with Crippen LogP contribution in [-0.4, -0.2) is 22.9 Å². The lowest BCUT2D eigenvalue weighted by Gasteiger charge is -2.08. The fourth-order valence-electron chi connectivity index (χ4n) is 1.79. The number of carbonyl (C=O) groups is 1. The number of esters is 1. The number of aromatic nitrogens is 2. The summed E-state index contributed by atoms with van der Waals surface area (Å²) in [6.07, 6.45) is 3.51. The fraction of sp³-hybridized carbons (Fsp3) is 0.333. The van der Waals surface area contributed by atoms with E-state index in [1.165, 1.54) is 7.11 Å². The second kappa shape index (κ2) is 6.23. The summed E-state index contributed by atoms with van der Waals surface area (Å²) in [4.78, 5) is 11.6. The number of benzene rings is 1. The van der Waals surface area contributed by atoms with Gasteiger partial charge in [-0.1, -0.05) is 18.2 Å². The highest BCUT2D eigenvalue weighted by molar-refractivity contribution is 5.90. The van der Waals surface area contributed by atoms with Crippen LogP contribution in [0.2, 0.25) is 0 Å². The van der Waals surface area contributed by atoms with Crippen LogP contribution in [0.15, 0.2) is 36.7 Å². The Kier molecular flexibility index (Phi) is 4.40. The Bertz CT molecular complexity index is 590. The molecule has 0 amide bonds. The molecule has 0 radical (unpaired) electrons. The van der Waals surface area contributed by atoms with E-state index in [0.717, 1.165) is 5.56 Å². The molecule has 0 unspecified atom stereocenters. The first kappa shape index (κ1) is 14.1. The molecule has 0 aliphatic heterocycles. The maximum absolute atomic E-state index is 11.6. The molecule has 5 nitrogen and oxygen atoms in total. The molecule has 1 heterocycles. The van der Waals surface area contributed by atoms with Crippen molar-refractivity contribution in [1.82, 2.24) is 9.78 Å². The van der Waals surface area contributed by atoms with Gasteiger partial charge in [-0.05, 0) is 19.9 Å². The Balaban J connectivity index is 2.08. The molecule has 0 atom stereocenters. The SMILES string of the molecule is COC(=O)c1ccccc1COc1cnn(C(C)C)c1. The van der Waals surface area contributed by atoms with Crippen LogP contribution in [-0.2, 0) is 11.3 Å². The maximum atomic E-state index is 11.6. The van der Waals surface area contributed by atoms with Crippen LogP contribution < -0.4 is 4.74 Å². The first-order chi connectivity index (χ1) is 9.61. The first-order valence-corrected chi connectivity index (χ1v) is 6.45. The summed E-state index contributed by atoms with van der Waals surface area (Å²) in [5.74, 6) is 0.320. The van der Waals surface area contributed by atoms with Crippen LogP contribution in [0, 0.1) is 0 Å². The van der Waals surface area contributed by atoms with Crippen LogP contribution in [0.5, 0.6) is 5.75 Å². The van der Waals surface area contributed by atoms with Crippen LogP contribution in [0.25, 0.3) is 0 Å². The standard InChI is InChI=1S/C15H18N2O3/c1-11(2)17-9-13(8-16-17)20-10-12-6-4-5-7-14(12)15(18)19-3/h4-9,11H,10H2,1-3H3. The predicted molar refractivity (Wildman–Crippen MR) is 74.7 cm³/mol. The molecule has 0 N–H and O–H groups in total. The highest BCUT2D eigenvalue weighted by atomic mass is 16.5. The van der Waals surface area contributed by atoms with Crippen molar-refractivity contribution in [1.29, 1.82) is 0 Å². The van der Waals surface area contributed by atoms with Crippen molar-refractivity contribution in [2.24, 2.45) is 0 Å². The third-order valence-corrected chi connectivity index (χ3v) is 2.92. The van der Waals surface area contributed by atoms with E-state index in [1.54, 1.807) is 18.3 Å². The van der Waals surface area contributed by atoms with E-state index in [-0.39, 0.29) is 12.0 Å². The zero-order valence-electron chi connectivity index (χ0n) is 11.9. The molecule has 0 aliphatic rings. The molecule has 0 saturated carbocycles. The maximum Gasteiger partial charge on any atom is 0.338 e. The minimum Gasteiger partial charge on any atom is -0.486 e. The number of methoxy groups -OCH3 is 1. The zero-order chi connectivity index (χ0) is 14.5. The molecule has 1 aromatic heterocycles. The van der Waals surface area contributed by atoms with Crippen LogP contribution in [0.1, 0.15) is 35.8 Å². The smallest absolute Gasteiger partial charge is 0.338 e. The second-order valence-corrected chi connectivity index (χ2v) is 4.69. The van der Waals surface area contributed by atoms with Crippen molar-refractivity contribution in [3.05, 3.63) is 47.8 Å². The van der Waals surface area contributed by atoms with Gasteiger partial charge in [0, 0.05) is 11.6 Å².